The van der Waals surface area contributed by atoms with Gasteiger partial charge < -0.3 is 5.32 Å². The maximum atomic E-state index is 13.2. The molecule has 4 heterocycles. The van der Waals surface area contributed by atoms with Crippen molar-refractivity contribution in [1.29, 1.82) is 5.26 Å². The number of carbonyl (C=O) groups excluding carboxylic acids is 1. The molecular weight excluding hydrogens is 394 g/mol. The molecular formula is C21H23N9O. The normalized spacial score (nSPS) is 30.5. The number of nitrogens with one attached hydrogen (secondary N) is 1. The Morgan fingerprint density at radius 3 is 2.65 bits per heavy atom. The van der Waals surface area contributed by atoms with Gasteiger partial charge in [0.2, 0.25) is 5.91 Å². The van der Waals surface area contributed by atoms with Crippen LogP contribution in [0.15, 0.2) is 40.9 Å². The van der Waals surface area contributed by atoms with E-state index >= 15 is 0 Å². The lowest BCUT2D eigenvalue weighted by Crippen LogP contribution is -2.59. The number of hydrogen-bond acceptors (Lipinski definition) is 8. The Kier molecular flexibility index (Phi) is 4.36. The van der Waals surface area contributed by atoms with Crippen molar-refractivity contribution >= 4 is 17.5 Å². The van der Waals surface area contributed by atoms with Crippen LogP contribution < -0.4 is 5.32 Å². The lowest BCUT2D eigenvalue weighted by atomic mass is 9.71. The van der Waals surface area contributed by atoms with E-state index in [-0.39, 0.29) is 29.5 Å². The Bertz CT molecular complexity index is 1130. The van der Waals surface area contributed by atoms with Crippen molar-refractivity contribution in [3.05, 3.63) is 42.2 Å². The fourth-order valence-electron chi connectivity index (χ4n) is 4.80. The van der Waals surface area contributed by atoms with Crippen LogP contribution in [0.1, 0.15) is 50.0 Å². The highest BCUT2D eigenvalue weighted by Crippen LogP contribution is 2.46. The molecule has 0 radical (unpaired) electrons. The number of fused-ring (bicyclic) bond motifs is 1. The summed E-state index contributed by atoms with van der Waals surface area (Å²) in [7, 11) is 1.85. The van der Waals surface area contributed by atoms with Gasteiger partial charge >= 0.3 is 0 Å². The molecule has 1 aliphatic carbocycles. The lowest BCUT2D eigenvalue weighted by Gasteiger charge is -2.44. The SMILES string of the molecule is CC(c1cnn(C)c1)N1N=C(C#N)C2C(=O)NC(C3CCC3c3ncccn3)=NC21C. The summed E-state index contributed by atoms with van der Waals surface area (Å²) in [5.74, 6) is 0.544. The molecule has 31 heavy (non-hydrogen) atoms. The van der Waals surface area contributed by atoms with Gasteiger partial charge in [-0.1, -0.05) is 0 Å². The third-order valence-corrected chi connectivity index (χ3v) is 6.59. The van der Waals surface area contributed by atoms with Crippen molar-refractivity contribution in [3.8, 4) is 6.07 Å². The van der Waals surface area contributed by atoms with Crippen LogP contribution in [-0.4, -0.2) is 47.9 Å². The van der Waals surface area contributed by atoms with Crippen LogP contribution in [0, 0.1) is 23.2 Å². The van der Waals surface area contributed by atoms with Crippen molar-refractivity contribution < 1.29 is 4.79 Å². The van der Waals surface area contributed by atoms with Crippen LogP contribution in [0.25, 0.3) is 0 Å². The van der Waals surface area contributed by atoms with E-state index in [1.807, 2.05) is 27.1 Å². The van der Waals surface area contributed by atoms with E-state index in [9.17, 15) is 10.1 Å². The molecule has 3 aliphatic rings. The number of amides is 1. The molecule has 158 valence electrons. The molecule has 10 heteroatoms. The summed E-state index contributed by atoms with van der Waals surface area (Å²) in [6.07, 6.45) is 8.98. The lowest BCUT2D eigenvalue weighted by molar-refractivity contribution is -0.126. The second-order valence-corrected chi connectivity index (χ2v) is 8.48. The molecule has 5 rings (SSSR count). The largest absolute Gasteiger partial charge is 0.313 e. The maximum absolute atomic E-state index is 13.2. The number of carbonyl (C=O) groups is 1. The minimum Gasteiger partial charge on any atom is -0.313 e. The van der Waals surface area contributed by atoms with Gasteiger partial charge in [0.05, 0.1) is 12.2 Å². The average Bonchev–Trinajstić information content (AvgIpc) is 3.28. The van der Waals surface area contributed by atoms with Gasteiger partial charge in [-0.25, -0.2) is 15.0 Å². The highest BCUT2D eigenvalue weighted by Gasteiger charge is 2.57. The Morgan fingerprint density at radius 2 is 2.03 bits per heavy atom. The first-order chi connectivity index (χ1) is 14.9. The van der Waals surface area contributed by atoms with Gasteiger partial charge in [0.25, 0.3) is 0 Å². The molecule has 2 aromatic rings. The number of nitriles is 1. The second kappa shape index (κ2) is 6.97. The first-order valence-corrected chi connectivity index (χ1v) is 10.4. The molecule has 0 bridgehead atoms. The molecule has 5 atom stereocenters. The summed E-state index contributed by atoms with van der Waals surface area (Å²) in [5, 5.41) is 23.2. The number of hydrazone groups is 1. The summed E-state index contributed by atoms with van der Waals surface area (Å²) in [4.78, 5) is 27.0. The quantitative estimate of drug-likeness (QED) is 0.804. The van der Waals surface area contributed by atoms with E-state index in [1.165, 1.54) is 0 Å². The number of nitrogens with zero attached hydrogens (tertiary/aromatic N) is 8. The van der Waals surface area contributed by atoms with Gasteiger partial charge in [0, 0.05) is 43.0 Å². The summed E-state index contributed by atoms with van der Waals surface area (Å²) >= 11 is 0. The van der Waals surface area contributed by atoms with Crippen molar-refractivity contribution in [2.75, 3.05) is 0 Å². The smallest absolute Gasteiger partial charge is 0.239 e. The summed E-state index contributed by atoms with van der Waals surface area (Å²) in [5.41, 5.74) is 0.123. The Balaban J connectivity index is 1.52. The molecule has 1 N–H and O–H groups in total. The van der Waals surface area contributed by atoms with Gasteiger partial charge in [-0.2, -0.15) is 15.5 Å². The highest BCUT2D eigenvalue weighted by molar-refractivity contribution is 6.19. The molecule has 2 aliphatic heterocycles. The number of rotatable bonds is 4. The Morgan fingerprint density at radius 1 is 1.29 bits per heavy atom. The molecule has 1 fully saturated rings. The predicted octanol–water partition coefficient (Wildman–Crippen LogP) is 1.52. The summed E-state index contributed by atoms with van der Waals surface area (Å²) < 4.78 is 1.72. The monoisotopic (exact) mass is 417 g/mol. The van der Waals surface area contributed by atoms with Gasteiger partial charge in [0.15, 0.2) is 11.4 Å². The maximum Gasteiger partial charge on any atom is 0.239 e. The van der Waals surface area contributed by atoms with Crippen LogP contribution in [0.2, 0.25) is 0 Å². The zero-order chi connectivity index (χ0) is 21.8. The van der Waals surface area contributed by atoms with Gasteiger partial charge in [-0.15, -0.1) is 0 Å². The fraction of sp³-hybridized carbons (Fsp3) is 0.476. The predicted molar refractivity (Wildman–Crippen MR) is 111 cm³/mol. The van der Waals surface area contributed by atoms with Crippen LogP contribution in [0.3, 0.4) is 0 Å². The molecule has 1 amide bonds. The van der Waals surface area contributed by atoms with Crippen molar-refractivity contribution in [2.45, 2.75) is 44.3 Å². The molecule has 0 aromatic carbocycles. The third kappa shape index (κ3) is 2.91. The number of amidine groups is 1. The number of hydrogen-bond donors (Lipinski definition) is 1. The standard InChI is InChI=1S/C21H23N9O/c1-12(13-10-25-29(3)11-13)30-21(2)17(16(9-22)28-30)20(31)26-19(27-21)15-6-5-14(15)18-23-7-4-8-24-18/h4,7-8,10-12,14-15,17H,5-6H2,1-3H3,(H,26,27,31). The van der Waals surface area contributed by atoms with Gasteiger partial charge in [-0.05, 0) is 32.8 Å². The van der Waals surface area contributed by atoms with Crippen LogP contribution in [0.5, 0.6) is 0 Å². The first-order valence-electron chi connectivity index (χ1n) is 10.4. The number of aliphatic imine (C=N–C) groups is 1. The van der Waals surface area contributed by atoms with E-state index in [0.29, 0.717) is 5.84 Å². The van der Waals surface area contributed by atoms with E-state index in [4.69, 9.17) is 4.99 Å². The third-order valence-electron chi connectivity index (χ3n) is 6.59. The Labute approximate surface area is 179 Å². The fourth-order valence-corrected chi connectivity index (χ4v) is 4.80. The minimum atomic E-state index is -0.990. The highest BCUT2D eigenvalue weighted by atomic mass is 16.2. The number of aryl methyl sites for hydroxylation is 1. The topological polar surface area (TPSA) is 124 Å². The molecule has 0 spiro atoms. The molecule has 10 nitrogen and oxygen atoms in total. The van der Waals surface area contributed by atoms with Crippen molar-refractivity contribution in [1.82, 2.24) is 30.1 Å². The minimum absolute atomic E-state index is 0.0332. The zero-order valence-electron chi connectivity index (χ0n) is 17.6. The molecule has 2 aromatic heterocycles. The molecule has 1 saturated carbocycles. The van der Waals surface area contributed by atoms with E-state index in [2.05, 4.69) is 31.6 Å². The van der Waals surface area contributed by atoms with Crippen molar-refractivity contribution in [3.63, 3.8) is 0 Å². The number of aromatic nitrogens is 4. The zero-order valence-corrected chi connectivity index (χ0v) is 17.6. The molecule has 0 saturated heterocycles. The average molecular weight is 417 g/mol. The first kappa shape index (κ1) is 19.4. The summed E-state index contributed by atoms with van der Waals surface area (Å²) in [6.45, 7) is 3.86. The van der Waals surface area contributed by atoms with E-state index in [0.717, 1.165) is 24.2 Å². The Hall–Kier alpha value is -3.61. The van der Waals surface area contributed by atoms with Crippen molar-refractivity contribution in [2.24, 2.45) is 29.0 Å². The van der Waals surface area contributed by atoms with Crippen LogP contribution >= 0.6 is 0 Å². The van der Waals surface area contributed by atoms with E-state index < -0.39 is 11.6 Å². The van der Waals surface area contributed by atoms with Crippen LogP contribution in [-0.2, 0) is 11.8 Å². The summed E-state index contributed by atoms with van der Waals surface area (Å²) in [6, 6.07) is 3.69. The molecule has 5 unspecified atom stereocenters. The van der Waals surface area contributed by atoms with Crippen LogP contribution in [0.4, 0.5) is 0 Å². The van der Waals surface area contributed by atoms with E-state index in [1.54, 1.807) is 34.3 Å². The van der Waals surface area contributed by atoms with Gasteiger partial charge in [0.1, 0.15) is 23.6 Å². The second-order valence-electron chi connectivity index (χ2n) is 8.48. The van der Waals surface area contributed by atoms with Gasteiger partial charge in [-0.3, -0.25) is 14.5 Å².